The molecule has 0 spiro atoms. The minimum atomic E-state index is -3.76. The van der Waals surface area contributed by atoms with Crippen molar-refractivity contribution in [3.8, 4) is 6.07 Å². The van der Waals surface area contributed by atoms with Gasteiger partial charge in [0.25, 0.3) is 0 Å². The fourth-order valence-corrected chi connectivity index (χ4v) is 3.42. The molecule has 0 atom stereocenters. The summed E-state index contributed by atoms with van der Waals surface area (Å²) in [6.45, 7) is 3.41. The van der Waals surface area contributed by atoms with Crippen molar-refractivity contribution in [2.24, 2.45) is 0 Å². The Labute approximate surface area is 147 Å². The van der Waals surface area contributed by atoms with Crippen molar-refractivity contribution in [3.63, 3.8) is 0 Å². The normalized spacial score (nSPS) is 11.2. The Morgan fingerprint density at radius 1 is 1.16 bits per heavy atom. The molecular formula is C18H19N3O3S. The summed E-state index contributed by atoms with van der Waals surface area (Å²) in [6.07, 6.45) is 0. The summed E-state index contributed by atoms with van der Waals surface area (Å²) < 4.78 is 26.2. The maximum atomic E-state index is 12.6. The Morgan fingerprint density at radius 2 is 1.88 bits per heavy atom. The summed E-state index contributed by atoms with van der Waals surface area (Å²) in [5, 5.41) is 11.5. The van der Waals surface area contributed by atoms with Crippen molar-refractivity contribution in [1.29, 1.82) is 5.26 Å². The molecule has 0 aliphatic heterocycles. The van der Waals surface area contributed by atoms with Crippen LogP contribution in [0.2, 0.25) is 0 Å². The molecule has 2 aromatic rings. The number of hydrogen-bond donors (Lipinski definition) is 1. The smallest absolute Gasteiger partial charge is 0.243 e. The van der Waals surface area contributed by atoms with Crippen molar-refractivity contribution in [1.82, 2.24) is 4.31 Å². The van der Waals surface area contributed by atoms with E-state index in [2.05, 4.69) is 5.32 Å². The van der Waals surface area contributed by atoms with Gasteiger partial charge in [-0.15, -0.1) is 0 Å². The first kappa shape index (κ1) is 18.6. The number of benzene rings is 2. The molecule has 1 N–H and O–H groups in total. The quantitative estimate of drug-likeness (QED) is 0.890. The zero-order valence-electron chi connectivity index (χ0n) is 14.3. The van der Waals surface area contributed by atoms with Gasteiger partial charge in [-0.05, 0) is 55.3 Å². The summed E-state index contributed by atoms with van der Waals surface area (Å²) in [4.78, 5) is 12.3. The molecule has 0 heterocycles. The molecular weight excluding hydrogens is 338 g/mol. The molecule has 0 fully saturated rings. The number of rotatable bonds is 5. The van der Waals surface area contributed by atoms with Crippen LogP contribution in [0.1, 0.15) is 16.7 Å². The number of sulfonamides is 1. The molecule has 0 aliphatic carbocycles. The van der Waals surface area contributed by atoms with Crippen molar-refractivity contribution in [2.75, 3.05) is 18.9 Å². The van der Waals surface area contributed by atoms with E-state index < -0.39 is 15.9 Å². The summed E-state index contributed by atoms with van der Waals surface area (Å²) in [6, 6.07) is 13.3. The molecule has 0 aliphatic rings. The largest absolute Gasteiger partial charge is 0.325 e. The highest BCUT2D eigenvalue weighted by Crippen LogP contribution is 2.18. The topological polar surface area (TPSA) is 90.3 Å². The summed E-state index contributed by atoms with van der Waals surface area (Å²) in [5.74, 6) is -0.481. The Kier molecular flexibility index (Phi) is 5.57. The van der Waals surface area contributed by atoms with E-state index in [9.17, 15) is 13.2 Å². The van der Waals surface area contributed by atoms with Crippen molar-refractivity contribution in [2.45, 2.75) is 18.7 Å². The maximum Gasteiger partial charge on any atom is 0.243 e. The molecule has 0 saturated carbocycles. The molecule has 2 rings (SSSR count). The van der Waals surface area contributed by atoms with Crippen LogP contribution in [0.3, 0.4) is 0 Å². The summed E-state index contributed by atoms with van der Waals surface area (Å²) in [7, 11) is -2.40. The van der Waals surface area contributed by atoms with Gasteiger partial charge in [0.05, 0.1) is 23.1 Å². The zero-order valence-corrected chi connectivity index (χ0v) is 15.1. The number of aryl methyl sites for hydroxylation is 2. The first-order chi connectivity index (χ1) is 11.7. The van der Waals surface area contributed by atoms with Crippen molar-refractivity contribution >= 4 is 21.6 Å². The SMILES string of the molecule is Cc1ccc(S(=O)(=O)N(C)CC(=O)Nc2cccc(C#N)c2)cc1C. The van der Waals surface area contributed by atoms with E-state index in [1.54, 1.807) is 30.3 Å². The predicted octanol–water partition coefficient (Wildman–Crippen LogP) is 2.43. The number of anilines is 1. The number of carbonyl (C=O) groups is 1. The lowest BCUT2D eigenvalue weighted by Crippen LogP contribution is -2.35. The second kappa shape index (κ2) is 7.47. The minimum Gasteiger partial charge on any atom is -0.325 e. The monoisotopic (exact) mass is 357 g/mol. The van der Waals surface area contributed by atoms with Gasteiger partial charge in [-0.1, -0.05) is 12.1 Å². The van der Waals surface area contributed by atoms with Crippen LogP contribution in [-0.4, -0.2) is 32.2 Å². The average Bonchev–Trinajstić information content (AvgIpc) is 2.57. The fraction of sp³-hybridized carbons (Fsp3) is 0.222. The van der Waals surface area contributed by atoms with Crippen molar-refractivity contribution in [3.05, 3.63) is 59.2 Å². The maximum absolute atomic E-state index is 12.6. The van der Waals surface area contributed by atoms with Crippen LogP contribution in [0.5, 0.6) is 0 Å². The number of carbonyl (C=O) groups excluding carboxylic acids is 1. The molecule has 130 valence electrons. The van der Waals surface area contributed by atoms with Gasteiger partial charge in [-0.2, -0.15) is 9.57 Å². The molecule has 0 aromatic heterocycles. The van der Waals surface area contributed by atoms with E-state index in [0.717, 1.165) is 15.4 Å². The number of hydrogen-bond acceptors (Lipinski definition) is 4. The van der Waals surface area contributed by atoms with E-state index in [0.29, 0.717) is 11.3 Å². The number of nitrogens with one attached hydrogen (secondary N) is 1. The van der Waals surface area contributed by atoms with Crippen LogP contribution in [0, 0.1) is 25.2 Å². The lowest BCUT2D eigenvalue weighted by Gasteiger charge is -2.17. The van der Waals surface area contributed by atoms with Crippen LogP contribution in [0.15, 0.2) is 47.4 Å². The molecule has 0 unspecified atom stereocenters. The zero-order chi connectivity index (χ0) is 18.6. The third-order valence-electron chi connectivity index (χ3n) is 3.83. The Balaban J connectivity index is 2.11. The van der Waals surface area contributed by atoms with Gasteiger partial charge < -0.3 is 5.32 Å². The summed E-state index contributed by atoms with van der Waals surface area (Å²) in [5.41, 5.74) is 2.72. The van der Waals surface area contributed by atoms with Crippen LogP contribution >= 0.6 is 0 Å². The second-order valence-electron chi connectivity index (χ2n) is 5.75. The number of nitrogens with zero attached hydrogens (tertiary/aromatic N) is 2. The van der Waals surface area contributed by atoms with E-state index >= 15 is 0 Å². The Bertz CT molecular complexity index is 946. The van der Waals surface area contributed by atoms with E-state index in [1.807, 2.05) is 19.9 Å². The second-order valence-corrected chi connectivity index (χ2v) is 7.79. The molecule has 0 saturated heterocycles. The van der Waals surface area contributed by atoms with Crippen LogP contribution in [0.4, 0.5) is 5.69 Å². The number of likely N-dealkylation sites (N-methyl/N-ethyl adjacent to an activating group) is 1. The van der Waals surface area contributed by atoms with E-state index in [1.165, 1.54) is 19.2 Å². The Hall–Kier alpha value is -2.69. The Morgan fingerprint density at radius 3 is 2.52 bits per heavy atom. The van der Waals surface area contributed by atoms with Crippen LogP contribution < -0.4 is 5.32 Å². The standard InChI is InChI=1S/C18H19N3O3S/c1-13-7-8-17(9-14(13)2)25(23,24)21(3)12-18(22)20-16-6-4-5-15(10-16)11-19/h4-10H,12H2,1-3H3,(H,20,22). The first-order valence-electron chi connectivity index (χ1n) is 7.57. The highest BCUT2D eigenvalue weighted by Gasteiger charge is 2.23. The van der Waals surface area contributed by atoms with Crippen LogP contribution in [0.25, 0.3) is 0 Å². The van der Waals surface area contributed by atoms with Crippen LogP contribution in [-0.2, 0) is 14.8 Å². The van der Waals surface area contributed by atoms with E-state index in [-0.39, 0.29) is 11.4 Å². The predicted molar refractivity (Wildman–Crippen MR) is 95.5 cm³/mol. The van der Waals surface area contributed by atoms with Gasteiger partial charge in [-0.3, -0.25) is 4.79 Å². The number of nitriles is 1. The minimum absolute atomic E-state index is 0.150. The lowest BCUT2D eigenvalue weighted by molar-refractivity contribution is -0.116. The first-order valence-corrected chi connectivity index (χ1v) is 9.01. The molecule has 0 radical (unpaired) electrons. The van der Waals surface area contributed by atoms with Gasteiger partial charge in [0, 0.05) is 12.7 Å². The van der Waals surface area contributed by atoms with Gasteiger partial charge in [0.1, 0.15) is 0 Å². The highest BCUT2D eigenvalue weighted by molar-refractivity contribution is 7.89. The summed E-state index contributed by atoms with van der Waals surface area (Å²) >= 11 is 0. The molecule has 7 heteroatoms. The third-order valence-corrected chi connectivity index (χ3v) is 5.63. The van der Waals surface area contributed by atoms with Gasteiger partial charge in [0.2, 0.25) is 15.9 Å². The number of amides is 1. The third kappa shape index (κ3) is 4.44. The fourth-order valence-electron chi connectivity index (χ4n) is 2.21. The molecule has 0 bridgehead atoms. The molecule has 1 amide bonds. The molecule has 6 nitrogen and oxygen atoms in total. The van der Waals surface area contributed by atoms with E-state index in [4.69, 9.17) is 5.26 Å². The van der Waals surface area contributed by atoms with Gasteiger partial charge in [0.15, 0.2) is 0 Å². The van der Waals surface area contributed by atoms with Gasteiger partial charge in [-0.25, -0.2) is 8.42 Å². The molecule has 25 heavy (non-hydrogen) atoms. The van der Waals surface area contributed by atoms with Gasteiger partial charge >= 0.3 is 0 Å². The van der Waals surface area contributed by atoms with Crippen molar-refractivity contribution < 1.29 is 13.2 Å². The highest BCUT2D eigenvalue weighted by atomic mass is 32.2. The lowest BCUT2D eigenvalue weighted by atomic mass is 10.1. The molecule has 2 aromatic carbocycles. The average molecular weight is 357 g/mol.